The van der Waals surface area contributed by atoms with Crippen molar-refractivity contribution in [1.82, 2.24) is 0 Å². The molecule has 98 valence electrons. The van der Waals surface area contributed by atoms with Gasteiger partial charge in [-0.05, 0) is 13.0 Å². The van der Waals surface area contributed by atoms with Crippen LogP contribution in [0, 0.1) is 0 Å². The van der Waals surface area contributed by atoms with Crippen LogP contribution < -0.4 is 12.4 Å². The average Bonchev–Trinajstić information content (AvgIpc) is 2.13. The molecule has 0 saturated heterocycles. The van der Waals surface area contributed by atoms with Crippen molar-refractivity contribution in [2.75, 3.05) is 34.3 Å². The van der Waals surface area contributed by atoms with E-state index in [1.807, 2.05) is 0 Å². The van der Waals surface area contributed by atoms with Crippen LogP contribution in [0.4, 0.5) is 0 Å². The summed E-state index contributed by atoms with van der Waals surface area (Å²) in [6.07, 6.45) is 2.02. The van der Waals surface area contributed by atoms with Crippen LogP contribution in [0.25, 0.3) is 0 Å². The first-order valence-electron chi connectivity index (χ1n) is 4.74. The van der Waals surface area contributed by atoms with Crippen LogP contribution in [0.3, 0.4) is 0 Å². The van der Waals surface area contributed by atoms with Gasteiger partial charge in [0.05, 0.1) is 27.7 Å². The van der Waals surface area contributed by atoms with Crippen LogP contribution in [-0.4, -0.2) is 60.1 Å². The minimum atomic E-state index is -1.29. The fourth-order valence-electron chi connectivity index (χ4n) is 0.669. The maximum absolute atomic E-state index is 9.61. The number of carbonyl (C=O) groups is 1. The molecular formula is C10H22ClNO4. The van der Waals surface area contributed by atoms with E-state index in [1.54, 1.807) is 0 Å². The van der Waals surface area contributed by atoms with Gasteiger partial charge in [0, 0.05) is 13.0 Å². The lowest BCUT2D eigenvalue weighted by atomic mass is 10.4. The van der Waals surface area contributed by atoms with E-state index >= 15 is 0 Å². The number of hydrogen-bond donors (Lipinski definition) is 3. The molecule has 0 spiro atoms. The molecule has 0 aromatic heterocycles. The zero-order valence-corrected chi connectivity index (χ0v) is 11.0. The number of carboxylic acids is 1. The van der Waals surface area contributed by atoms with E-state index in [0.29, 0.717) is 6.61 Å². The summed E-state index contributed by atoms with van der Waals surface area (Å²) in [6.45, 7) is 2.81. The minimum absolute atomic E-state index is 0. The summed E-state index contributed by atoms with van der Waals surface area (Å²) >= 11 is 0. The van der Waals surface area contributed by atoms with E-state index in [2.05, 4.69) is 21.1 Å². The van der Waals surface area contributed by atoms with Gasteiger partial charge in [-0.3, -0.25) is 0 Å². The number of aliphatic carboxylic acids is 1. The Morgan fingerprint density at radius 3 is 1.75 bits per heavy atom. The Kier molecular flexibility index (Phi) is 13.8. The molecule has 0 aromatic rings. The topological polar surface area (TPSA) is 77.8 Å². The van der Waals surface area contributed by atoms with Crippen molar-refractivity contribution < 1.29 is 37.0 Å². The molecule has 0 fully saturated rings. The Labute approximate surface area is 103 Å². The van der Waals surface area contributed by atoms with Crippen LogP contribution >= 0.6 is 0 Å². The molecule has 16 heavy (non-hydrogen) atoms. The fraction of sp³-hybridized carbons (Fsp3) is 0.700. The normalized spacial score (nSPS) is 10.9. The lowest BCUT2D eigenvalue weighted by molar-refractivity contribution is -0.870. The van der Waals surface area contributed by atoms with Gasteiger partial charge in [0.1, 0.15) is 0 Å². The van der Waals surface area contributed by atoms with Crippen molar-refractivity contribution >= 4 is 5.97 Å². The summed E-state index contributed by atoms with van der Waals surface area (Å²) in [5, 5.41) is 24.5. The van der Waals surface area contributed by atoms with Crippen LogP contribution in [0.2, 0.25) is 0 Å². The second-order valence-corrected chi connectivity index (χ2v) is 4.07. The van der Waals surface area contributed by atoms with E-state index in [1.165, 1.54) is 6.92 Å². The smallest absolute Gasteiger partial charge is 0.370 e. The Hall–Kier alpha value is -0.780. The number of carboxylic acid groups (broad SMARTS) is 1. The monoisotopic (exact) mass is 255 g/mol. The summed E-state index contributed by atoms with van der Waals surface area (Å²) < 4.78 is 0.945. The Balaban J connectivity index is -0.000000200. The molecule has 0 aliphatic heterocycles. The van der Waals surface area contributed by atoms with Gasteiger partial charge in [0.15, 0.2) is 5.76 Å². The summed E-state index contributed by atoms with van der Waals surface area (Å²) in [4.78, 5) is 9.61. The Bertz CT molecular complexity index is 211. The van der Waals surface area contributed by atoms with Crippen LogP contribution in [-0.2, 0) is 4.79 Å². The lowest BCUT2D eigenvalue weighted by Crippen LogP contribution is -3.00. The van der Waals surface area contributed by atoms with Crippen molar-refractivity contribution in [3.8, 4) is 0 Å². The molecule has 0 atom stereocenters. The third-order valence-corrected chi connectivity index (χ3v) is 1.48. The van der Waals surface area contributed by atoms with Crippen molar-refractivity contribution in [2.24, 2.45) is 0 Å². The summed E-state index contributed by atoms with van der Waals surface area (Å²) in [6, 6.07) is 0. The molecule has 0 aromatic carbocycles. The molecule has 0 heterocycles. The number of aliphatic hydroxyl groups excluding tert-OH is 2. The quantitative estimate of drug-likeness (QED) is 0.298. The van der Waals surface area contributed by atoms with Crippen molar-refractivity contribution in [3.05, 3.63) is 11.8 Å². The van der Waals surface area contributed by atoms with Gasteiger partial charge < -0.3 is 32.2 Å². The molecular weight excluding hydrogens is 234 g/mol. The number of nitrogens with zero attached hydrogens (tertiary/aromatic N) is 1. The number of quaternary nitrogens is 1. The number of aliphatic hydroxyl groups is 2. The van der Waals surface area contributed by atoms with Crippen LogP contribution in [0.15, 0.2) is 11.8 Å². The highest BCUT2D eigenvalue weighted by Crippen LogP contribution is 1.90. The van der Waals surface area contributed by atoms with Gasteiger partial charge in [-0.1, -0.05) is 0 Å². The minimum Gasteiger partial charge on any atom is -1.00 e. The van der Waals surface area contributed by atoms with Gasteiger partial charge in [-0.2, -0.15) is 0 Å². The average molecular weight is 256 g/mol. The zero-order chi connectivity index (χ0) is 12.5. The molecule has 0 aliphatic rings. The SMILES string of the molecule is CC=C(O)C(=O)O.C[N+](C)(C)CCCO.[Cl-]. The highest BCUT2D eigenvalue weighted by atomic mass is 35.5. The molecule has 0 radical (unpaired) electrons. The summed E-state index contributed by atoms with van der Waals surface area (Å²) in [5.41, 5.74) is 0. The second kappa shape index (κ2) is 10.7. The molecule has 0 rings (SSSR count). The standard InChI is InChI=1S/C6H16NO.C4H6O3.ClH/c1-7(2,3)5-4-6-8;1-2-3(5)4(6)7;/h8H,4-6H2,1-3H3;2,5H,1H3,(H,6,7);1H/q+1;;/p-1. The van der Waals surface area contributed by atoms with Crippen LogP contribution in [0.1, 0.15) is 13.3 Å². The molecule has 0 bridgehead atoms. The van der Waals surface area contributed by atoms with Gasteiger partial charge in [0.25, 0.3) is 0 Å². The Morgan fingerprint density at radius 1 is 1.25 bits per heavy atom. The number of hydrogen-bond acceptors (Lipinski definition) is 3. The largest absolute Gasteiger partial charge is 1.00 e. The zero-order valence-electron chi connectivity index (χ0n) is 10.3. The Morgan fingerprint density at radius 2 is 1.69 bits per heavy atom. The molecule has 0 unspecified atom stereocenters. The highest BCUT2D eigenvalue weighted by Gasteiger charge is 2.03. The molecule has 0 saturated carbocycles. The fourth-order valence-corrected chi connectivity index (χ4v) is 0.669. The second-order valence-electron chi connectivity index (χ2n) is 4.07. The number of allylic oxidation sites excluding steroid dienone is 1. The highest BCUT2D eigenvalue weighted by molar-refractivity contribution is 5.83. The summed E-state index contributed by atoms with van der Waals surface area (Å²) in [5.74, 6) is -1.90. The maximum Gasteiger partial charge on any atom is 0.370 e. The van der Waals surface area contributed by atoms with Gasteiger partial charge in [0.2, 0.25) is 0 Å². The van der Waals surface area contributed by atoms with Gasteiger partial charge >= 0.3 is 5.97 Å². The van der Waals surface area contributed by atoms with E-state index in [4.69, 9.17) is 15.3 Å². The third kappa shape index (κ3) is 18.9. The first kappa shape index (κ1) is 20.6. The maximum atomic E-state index is 9.61. The molecule has 0 amide bonds. The van der Waals surface area contributed by atoms with Crippen molar-refractivity contribution in [3.63, 3.8) is 0 Å². The molecule has 5 nitrogen and oxygen atoms in total. The predicted molar refractivity (Wildman–Crippen MR) is 58.6 cm³/mol. The molecule has 0 aliphatic carbocycles. The van der Waals surface area contributed by atoms with Gasteiger partial charge in [-0.25, -0.2) is 4.79 Å². The number of halogens is 1. The summed E-state index contributed by atoms with van der Waals surface area (Å²) in [7, 11) is 6.36. The van der Waals surface area contributed by atoms with Crippen molar-refractivity contribution in [2.45, 2.75) is 13.3 Å². The van der Waals surface area contributed by atoms with E-state index in [-0.39, 0.29) is 12.4 Å². The van der Waals surface area contributed by atoms with E-state index < -0.39 is 11.7 Å². The first-order valence-corrected chi connectivity index (χ1v) is 4.74. The van der Waals surface area contributed by atoms with Crippen LogP contribution in [0.5, 0.6) is 0 Å². The van der Waals surface area contributed by atoms with Crippen molar-refractivity contribution in [1.29, 1.82) is 0 Å². The third-order valence-electron chi connectivity index (χ3n) is 1.48. The van der Waals surface area contributed by atoms with E-state index in [9.17, 15) is 4.79 Å². The first-order chi connectivity index (χ1) is 6.74. The number of rotatable bonds is 4. The lowest BCUT2D eigenvalue weighted by Gasteiger charge is -2.22. The van der Waals surface area contributed by atoms with E-state index in [0.717, 1.165) is 23.5 Å². The van der Waals surface area contributed by atoms with Gasteiger partial charge in [-0.15, -0.1) is 0 Å². The molecule has 6 heteroatoms. The molecule has 3 N–H and O–H groups in total. The predicted octanol–water partition coefficient (Wildman–Crippen LogP) is -2.39.